The van der Waals surface area contributed by atoms with Crippen molar-refractivity contribution in [2.45, 2.75) is 18.9 Å². The number of aromatic nitrogens is 3. The molecule has 5 nitrogen and oxygen atoms in total. The van der Waals surface area contributed by atoms with E-state index in [2.05, 4.69) is 25.6 Å². The van der Waals surface area contributed by atoms with Crippen LogP contribution in [0.2, 0.25) is 15.1 Å². The van der Waals surface area contributed by atoms with Gasteiger partial charge in [0.15, 0.2) is 0 Å². The lowest BCUT2D eigenvalue weighted by molar-refractivity contribution is -0.138. The number of hydrogen-bond acceptors (Lipinski definition) is 5. The lowest BCUT2D eigenvalue weighted by Gasteiger charge is -2.15. The summed E-state index contributed by atoms with van der Waals surface area (Å²) >= 11 is 17.5. The van der Waals surface area contributed by atoms with Crippen LogP contribution in [0.25, 0.3) is 0 Å². The van der Waals surface area contributed by atoms with E-state index < -0.39 is 35.8 Å². The van der Waals surface area contributed by atoms with Crippen molar-refractivity contribution in [1.29, 1.82) is 0 Å². The third-order valence-corrected chi connectivity index (χ3v) is 5.00. The number of hydrogen-bond donors (Lipinski definition) is 2. The zero-order valence-electron chi connectivity index (χ0n) is 15.4. The zero-order valence-corrected chi connectivity index (χ0v) is 17.7. The highest BCUT2D eigenvalue weighted by atomic mass is 35.5. The average molecular weight is 517 g/mol. The first-order chi connectivity index (χ1) is 14.8. The van der Waals surface area contributed by atoms with E-state index in [1.807, 2.05) is 0 Å². The van der Waals surface area contributed by atoms with Gasteiger partial charge in [-0.15, -0.1) is 0 Å². The number of nitrogens with zero attached hydrogens (tertiary/aromatic N) is 3. The third kappa shape index (κ3) is 5.84. The van der Waals surface area contributed by atoms with Crippen LogP contribution in [-0.4, -0.2) is 15.0 Å². The van der Waals surface area contributed by atoms with Crippen LogP contribution in [0.5, 0.6) is 0 Å². The van der Waals surface area contributed by atoms with Crippen molar-refractivity contribution < 1.29 is 26.3 Å². The van der Waals surface area contributed by atoms with Crippen molar-refractivity contribution in [2.24, 2.45) is 0 Å². The fraction of sp³-hybridized carbons (Fsp3) is 0.167. The highest BCUT2D eigenvalue weighted by Crippen LogP contribution is 2.35. The summed E-state index contributed by atoms with van der Waals surface area (Å²) < 4.78 is 78.2. The maximum absolute atomic E-state index is 13.4. The van der Waals surface area contributed by atoms with E-state index in [0.717, 1.165) is 0 Å². The first-order valence-electron chi connectivity index (χ1n) is 8.46. The van der Waals surface area contributed by atoms with E-state index >= 15 is 0 Å². The third-order valence-electron chi connectivity index (χ3n) is 3.94. The van der Waals surface area contributed by atoms with Gasteiger partial charge in [-0.3, -0.25) is 4.98 Å². The van der Waals surface area contributed by atoms with Crippen LogP contribution in [0.1, 0.15) is 16.8 Å². The van der Waals surface area contributed by atoms with E-state index in [0.29, 0.717) is 24.1 Å². The minimum absolute atomic E-state index is 0.106. The molecule has 14 heteroatoms. The number of pyridine rings is 1. The van der Waals surface area contributed by atoms with Crippen LogP contribution >= 0.6 is 34.8 Å². The minimum Gasteiger partial charge on any atom is -0.364 e. The molecule has 0 fully saturated rings. The monoisotopic (exact) mass is 515 g/mol. The molecular weight excluding hydrogens is 507 g/mol. The van der Waals surface area contributed by atoms with Crippen molar-refractivity contribution in [3.05, 3.63) is 68.5 Å². The molecule has 3 aromatic rings. The molecule has 0 radical (unpaired) electrons. The molecule has 0 unspecified atom stereocenters. The lowest BCUT2D eigenvalue weighted by atomic mass is 10.2. The minimum atomic E-state index is -4.80. The normalized spacial score (nSPS) is 12.0. The van der Waals surface area contributed by atoms with Crippen LogP contribution in [-0.2, 0) is 18.9 Å². The van der Waals surface area contributed by atoms with Crippen LogP contribution in [0, 0.1) is 0 Å². The van der Waals surface area contributed by atoms with Gasteiger partial charge in [-0.1, -0.05) is 34.8 Å². The van der Waals surface area contributed by atoms with Gasteiger partial charge in [0.1, 0.15) is 11.4 Å². The molecule has 0 saturated heterocycles. The second kappa shape index (κ2) is 9.16. The van der Waals surface area contributed by atoms with Gasteiger partial charge >= 0.3 is 12.4 Å². The van der Waals surface area contributed by atoms with Gasteiger partial charge in [0.25, 0.3) is 0 Å². The topological polar surface area (TPSA) is 62.7 Å². The quantitative estimate of drug-likeness (QED) is 0.351. The summed E-state index contributed by atoms with van der Waals surface area (Å²) in [5, 5.41) is 5.18. The Labute approximate surface area is 191 Å². The van der Waals surface area contributed by atoms with Crippen LogP contribution in [0.4, 0.5) is 43.8 Å². The number of anilines is 3. The number of nitrogens with one attached hydrogen (secondary N) is 2. The Kier molecular flexibility index (Phi) is 6.91. The summed E-state index contributed by atoms with van der Waals surface area (Å²) in [4.78, 5) is 11.0. The number of benzene rings is 1. The van der Waals surface area contributed by atoms with Gasteiger partial charge in [-0.2, -0.15) is 31.3 Å². The molecule has 0 bridgehead atoms. The molecule has 0 spiro atoms. The summed E-state index contributed by atoms with van der Waals surface area (Å²) in [7, 11) is 0. The van der Waals surface area contributed by atoms with Crippen LogP contribution in [0.3, 0.4) is 0 Å². The van der Waals surface area contributed by atoms with Crippen molar-refractivity contribution in [2.75, 3.05) is 10.6 Å². The SMILES string of the molecule is FC(F)(F)c1cnc(CNc2nc(Nc3ccc(Cl)c(Cl)c3)ncc2C(F)(F)F)c(Cl)c1. The molecule has 0 aliphatic carbocycles. The molecule has 0 aliphatic heterocycles. The molecule has 2 N–H and O–H groups in total. The first kappa shape index (κ1) is 24.1. The van der Waals surface area contributed by atoms with Gasteiger partial charge in [-0.25, -0.2) is 4.98 Å². The van der Waals surface area contributed by atoms with E-state index in [9.17, 15) is 26.3 Å². The number of rotatable bonds is 5. The Bertz CT molecular complexity index is 1140. The highest BCUT2D eigenvalue weighted by molar-refractivity contribution is 6.42. The van der Waals surface area contributed by atoms with E-state index in [-0.39, 0.29) is 26.7 Å². The van der Waals surface area contributed by atoms with E-state index in [1.165, 1.54) is 18.2 Å². The van der Waals surface area contributed by atoms with Gasteiger partial charge in [0, 0.05) is 18.1 Å². The number of halogens is 9. The second-order valence-electron chi connectivity index (χ2n) is 6.21. The summed E-state index contributed by atoms with van der Waals surface area (Å²) in [6, 6.07) is 5.03. The van der Waals surface area contributed by atoms with Crippen LogP contribution in [0.15, 0.2) is 36.7 Å². The van der Waals surface area contributed by atoms with Gasteiger partial charge in [-0.05, 0) is 24.3 Å². The molecule has 32 heavy (non-hydrogen) atoms. The summed E-state index contributed by atoms with van der Waals surface area (Å²) in [6.45, 7) is -0.427. The molecule has 0 amide bonds. The summed E-state index contributed by atoms with van der Waals surface area (Å²) in [6.07, 6.45) is -8.38. The van der Waals surface area contributed by atoms with Crippen LogP contribution < -0.4 is 10.6 Å². The fourth-order valence-electron chi connectivity index (χ4n) is 2.41. The van der Waals surface area contributed by atoms with Crippen molar-refractivity contribution >= 4 is 52.3 Å². The Morgan fingerprint density at radius 2 is 1.53 bits per heavy atom. The highest BCUT2D eigenvalue weighted by Gasteiger charge is 2.35. The largest absolute Gasteiger partial charge is 0.421 e. The smallest absolute Gasteiger partial charge is 0.364 e. The van der Waals surface area contributed by atoms with Crippen molar-refractivity contribution in [3.8, 4) is 0 Å². The predicted octanol–water partition coefficient (Wildman–Crippen LogP) is 7.23. The molecule has 0 saturated carbocycles. The summed E-state index contributed by atoms with van der Waals surface area (Å²) in [5.41, 5.74) is -2.03. The van der Waals surface area contributed by atoms with Gasteiger partial charge < -0.3 is 10.6 Å². The lowest BCUT2D eigenvalue weighted by Crippen LogP contribution is -2.15. The maximum Gasteiger partial charge on any atom is 0.421 e. The predicted molar refractivity (Wildman–Crippen MR) is 108 cm³/mol. The average Bonchev–Trinajstić information content (AvgIpc) is 2.68. The van der Waals surface area contributed by atoms with E-state index in [1.54, 1.807) is 0 Å². The standard InChI is InChI=1S/C18H10Cl3F6N5/c19-11-2-1-9(4-12(11)20)31-16-30-6-10(18(25,26)27)15(32-16)29-7-14-13(21)3-8(5-28-14)17(22,23)24/h1-6H,7H2,(H2,29,30,31,32). The van der Waals surface area contributed by atoms with Gasteiger partial charge in [0.2, 0.25) is 5.95 Å². The Morgan fingerprint density at radius 3 is 2.12 bits per heavy atom. The zero-order chi connectivity index (χ0) is 23.7. The Morgan fingerprint density at radius 1 is 0.812 bits per heavy atom. The van der Waals surface area contributed by atoms with E-state index in [4.69, 9.17) is 34.8 Å². The molecule has 3 rings (SSSR count). The maximum atomic E-state index is 13.4. The molecule has 0 aliphatic rings. The molecule has 2 heterocycles. The fourth-order valence-corrected chi connectivity index (χ4v) is 2.94. The molecular formula is C18H10Cl3F6N5. The number of alkyl halides is 6. The van der Waals surface area contributed by atoms with Gasteiger partial charge in [0.05, 0.1) is 32.9 Å². The summed E-state index contributed by atoms with van der Waals surface area (Å²) in [5.74, 6) is -0.835. The van der Waals surface area contributed by atoms with Crippen molar-refractivity contribution in [3.63, 3.8) is 0 Å². The molecule has 170 valence electrons. The molecule has 1 aromatic carbocycles. The molecule has 0 atom stereocenters. The molecule has 2 aromatic heterocycles. The second-order valence-corrected chi connectivity index (χ2v) is 7.43. The van der Waals surface area contributed by atoms with Crippen molar-refractivity contribution in [1.82, 2.24) is 15.0 Å². The Balaban J connectivity index is 1.87. The first-order valence-corrected chi connectivity index (χ1v) is 9.60. The Hall–Kier alpha value is -2.50.